The van der Waals surface area contributed by atoms with Gasteiger partial charge in [0.25, 0.3) is 5.91 Å². The minimum atomic E-state index is -0.689. The number of amides is 2. The molecular weight excluding hydrogens is 471 g/mol. The van der Waals surface area contributed by atoms with Crippen LogP contribution in [0.3, 0.4) is 0 Å². The predicted molar refractivity (Wildman–Crippen MR) is 133 cm³/mol. The van der Waals surface area contributed by atoms with Gasteiger partial charge < -0.3 is 9.64 Å². The van der Waals surface area contributed by atoms with Gasteiger partial charge in [-0.3, -0.25) is 9.69 Å². The largest absolute Gasteiger partial charge is 0.444 e. The van der Waals surface area contributed by atoms with Crippen LogP contribution in [0.2, 0.25) is 5.02 Å². The Balaban J connectivity index is 1.69. The van der Waals surface area contributed by atoms with E-state index in [-0.39, 0.29) is 24.0 Å². The molecule has 0 unspecified atom stereocenters. The summed E-state index contributed by atoms with van der Waals surface area (Å²) in [5.41, 5.74) is 2.23. The molecule has 0 saturated carbocycles. The first-order valence-electron chi connectivity index (χ1n) is 11.3. The third-order valence-corrected chi connectivity index (χ3v) is 6.01. The fraction of sp³-hybridized carbons (Fsp3) is 0.346. The number of aromatic nitrogens is 2. The van der Waals surface area contributed by atoms with Crippen molar-refractivity contribution in [2.75, 3.05) is 11.4 Å². The van der Waals surface area contributed by atoms with Crippen LogP contribution < -0.4 is 4.90 Å². The van der Waals surface area contributed by atoms with Crippen molar-refractivity contribution in [3.63, 3.8) is 0 Å². The number of carbonyl (C=O) groups is 2. The van der Waals surface area contributed by atoms with Crippen molar-refractivity contribution < 1.29 is 18.7 Å². The highest BCUT2D eigenvalue weighted by molar-refractivity contribution is 6.34. The Kier molecular flexibility index (Phi) is 6.60. The van der Waals surface area contributed by atoms with Crippen molar-refractivity contribution in [3.05, 3.63) is 76.3 Å². The van der Waals surface area contributed by atoms with E-state index in [1.165, 1.54) is 17.0 Å². The van der Waals surface area contributed by atoms with Gasteiger partial charge in [0.1, 0.15) is 11.4 Å². The monoisotopic (exact) mass is 498 g/mol. The fourth-order valence-electron chi connectivity index (χ4n) is 4.03. The number of fused-ring (bicyclic) bond motifs is 1. The van der Waals surface area contributed by atoms with E-state index in [0.29, 0.717) is 16.8 Å². The molecule has 2 aromatic carbocycles. The van der Waals surface area contributed by atoms with Crippen LogP contribution in [0.5, 0.6) is 0 Å². The second-order valence-electron chi connectivity index (χ2n) is 9.71. The molecule has 1 aliphatic rings. The van der Waals surface area contributed by atoms with Crippen LogP contribution in [-0.2, 0) is 11.3 Å². The Morgan fingerprint density at radius 2 is 1.89 bits per heavy atom. The third-order valence-electron chi connectivity index (χ3n) is 5.70. The van der Waals surface area contributed by atoms with Gasteiger partial charge in [-0.15, -0.1) is 0 Å². The Morgan fingerprint density at radius 3 is 2.51 bits per heavy atom. The zero-order valence-electron chi connectivity index (χ0n) is 20.4. The predicted octanol–water partition coefficient (Wildman–Crippen LogP) is 5.76. The summed E-state index contributed by atoms with van der Waals surface area (Å²) < 4.78 is 21.4. The highest BCUT2D eigenvalue weighted by Crippen LogP contribution is 2.32. The van der Waals surface area contributed by atoms with Crippen LogP contribution in [0.25, 0.3) is 5.69 Å². The minimum Gasteiger partial charge on any atom is -0.444 e. The molecular formula is C26H28ClFN4O3. The number of hydrogen-bond donors (Lipinski definition) is 0. The van der Waals surface area contributed by atoms with Gasteiger partial charge >= 0.3 is 6.09 Å². The number of carbonyl (C=O) groups excluding carboxylic acids is 2. The molecule has 0 spiro atoms. The Bertz CT molecular complexity index is 1280. The van der Waals surface area contributed by atoms with Gasteiger partial charge in [0.05, 0.1) is 34.6 Å². The van der Waals surface area contributed by atoms with Crippen molar-refractivity contribution in [1.29, 1.82) is 0 Å². The van der Waals surface area contributed by atoms with E-state index in [1.807, 2.05) is 26.1 Å². The first-order chi connectivity index (χ1) is 16.4. The van der Waals surface area contributed by atoms with Crippen LogP contribution in [0.15, 0.2) is 48.7 Å². The van der Waals surface area contributed by atoms with Gasteiger partial charge in [0, 0.05) is 18.4 Å². The number of halogens is 2. The maximum Gasteiger partial charge on any atom is 0.410 e. The summed E-state index contributed by atoms with van der Waals surface area (Å²) >= 11 is 6.55. The topological polar surface area (TPSA) is 67.7 Å². The summed E-state index contributed by atoms with van der Waals surface area (Å²) in [6.07, 6.45) is 1.29. The first kappa shape index (κ1) is 24.7. The van der Waals surface area contributed by atoms with Crippen molar-refractivity contribution in [1.82, 2.24) is 14.7 Å². The second kappa shape index (κ2) is 9.34. The first-order valence-corrected chi connectivity index (χ1v) is 11.7. The number of rotatable bonds is 2. The molecule has 0 radical (unpaired) electrons. The molecule has 0 aliphatic carbocycles. The van der Waals surface area contributed by atoms with Crippen LogP contribution in [0.4, 0.5) is 14.9 Å². The SMILES string of the molecule is Cc1ccn(-c2ccc(C(=O)N3C[C@@H](C)N(C(=O)OC(C)(C)C)Cc4cc(F)ccc43)c(Cl)c2)n1. The number of aryl methyl sites for hydroxylation is 1. The van der Waals surface area contributed by atoms with Crippen LogP contribution >= 0.6 is 11.6 Å². The van der Waals surface area contributed by atoms with Crippen molar-refractivity contribution >= 4 is 29.3 Å². The summed E-state index contributed by atoms with van der Waals surface area (Å²) in [6.45, 7) is 9.37. The zero-order chi connectivity index (χ0) is 25.5. The molecule has 2 heterocycles. The summed E-state index contributed by atoms with van der Waals surface area (Å²) in [4.78, 5) is 29.7. The van der Waals surface area contributed by atoms with E-state index in [0.717, 1.165) is 11.4 Å². The Hall–Kier alpha value is -3.39. The molecule has 7 nitrogen and oxygen atoms in total. The summed E-state index contributed by atoms with van der Waals surface area (Å²) in [5.74, 6) is -0.796. The molecule has 1 aromatic heterocycles. The van der Waals surface area contributed by atoms with E-state index < -0.39 is 23.6 Å². The number of anilines is 1. The van der Waals surface area contributed by atoms with Crippen LogP contribution in [0.1, 0.15) is 49.3 Å². The van der Waals surface area contributed by atoms with Gasteiger partial charge in [-0.05, 0) is 82.6 Å². The lowest BCUT2D eigenvalue weighted by Crippen LogP contribution is -2.46. The zero-order valence-corrected chi connectivity index (χ0v) is 21.1. The lowest BCUT2D eigenvalue weighted by atomic mass is 10.1. The van der Waals surface area contributed by atoms with E-state index in [2.05, 4.69) is 5.10 Å². The maximum absolute atomic E-state index is 14.2. The van der Waals surface area contributed by atoms with E-state index >= 15 is 0 Å². The van der Waals surface area contributed by atoms with Crippen molar-refractivity contribution in [2.45, 2.75) is 52.8 Å². The van der Waals surface area contributed by atoms with Gasteiger partial charge in [0.2, 0.25) is 0 Å². The van der Waals surface area contributed by atoms with Gasteiger partial charge in [-0.1, -0.05) is 11.6 Å². The van der Waals surface area contributed by atoms with Crippen LogP contribution in [0, 0.1) is 12.7 Å². The highest BCUT2D eigenvalue weighted by atomic mass is 35.5. The summed E-state index contributed by atoms with van der Waals surface area (Å²) in [5, 5.41) is 4.64. The molecule has 0 bridgehead atoms. The molecule has 1 atom stereocenters. The third kappa shape index (κ3) is 5.32. The molecule has 0 fully saturated rings. The molecule has 0 saturated heterocycles. The van der Waals surface area contributed by atoms with E-state index in [4.69, 9.17) is 16.3 Å². The van der Waals surface area contributed by atoms with Crippen molar-refractivity contribution in [3.8, 4) is 5.69 Å². The molecule has 4 rings (SSSR count). The maximum atomic E-state index is 14.2. The molecule has 9 heteroatoms. The summed E-state index contributed by atoms with van der Waals surface area (Å²) in [6, 6.07) is 10.8. The van der Waals surface area contributed by atoms with Crippen molar-refractivity contribution in [2.24, 2.45) is 0 Å². The average Bonchev–Trinajstić information content (AvgIpc) is 3.14. The molecule has 35 heavy (non-hydrogen) atoms. The molecule has 2 amide bonds. The quantitative estimate of drug-likeness (QED) is 0.450. The lowest BCUT2D eigenvalue weighted by Gasteiger charge is -2.31. The highest BCUT2D eigenvalue weighted by Gasteiger charge is 2.34. The molecule has 184 valence electrons. The fourth-order valence-corrected chi connectivity index (χ4v) is 4.28. The number of nitrogens with zero attached hydrogens (tertiary/aromatic N) is 4. The molecule has 0 N–H and O–H groups in total. The van der Waals surface area contributed by atoms with E-state index in [9.17, 15) is 14.0 Å². The lowest BCUT2D eigenvalue weighted by molar-refractivity contribution is 0.0167. The minimum absolute atomic E-state index is 0.109. The van der Waals surface area contributed by atoms with Crippen LogP contribution in [-0.4, -0.2) is 44.9 Å². The normalized spacial score (nSPS) is 16.0. The van der Waals surface area contributed by atoms with Gasteiger partial charge in [0.15, 0.2) is 0 Å². The average molecular weight is 499 g/mol. The standard InChI is InChI=1S/C26H28ClFN4O3/c1-16-10-11-32(29-16)20-7-8-21(22(27)13-20)24(33)31-14-17(2)30(25(34)35-26(3,4)5)15-18-12-19(28)6-9-23(18)31/h6-13,17H,14-15H2,1-5H3/t17-/m1/s1. The Morgan fingerprint density at radius 1 is 1.14 bits per heavy atom. The van der Waals surface area contributed by atoms with Gasteiger partial charge in [-0.2, -0.15) is 5.10 Å². The summed E-state index contributed by atoms with van der Waals surface area (Å²) in [7, 11) is 0. The second-order valence-corrected chi connectivity index (χ2v) is 10.1. The number of benzene rings is 2. The Labute approximate surface area is 209 Å². The molecule has 3 aromatic rings. The number of hydrogen-bond acceptors (Lipinski definition) is 4. The molecule has 1 aliphatic heterocycles. The van der Waals surface area contributed by atoms with E-state index in [1.54, 1.807) is 54.6 Å². The smallest absolute Gasteiger partial charge is 0.410 e. The van der Waals surface area contributed by atoms with Gasteiger partial charge in [-0.25, -0.2) is 13.9 Å². The number of ether oxygens (including phenoxy) is 1.